The van der Waals surface area contributed by atoms with Crippen LogP contribution < -0.4 is 4.72 Å². The van der Waals surface area contributed by atoms with E-state index >= 15 is 0 Å². The predicted molar refractivity (Wildman–Crippen MR) is 38.5 cm³/mol. The Kier molecular flexibility index (Phi) is 1.97. The van der Waals surface area contributed by atoms with Crippen molar-refractivity contribution in [2.75, 3.05) is 6.54 Å². The highest BCUT2D eigenvalue weighted by Crippen LogP contribution is 2.18. The second-order valence-corrected chi connectivity index (χ2v) is 3.05. The molecule has 0 saturated heterocycles. The summed E-state index contributed by atoms with van der Waals surface area (Å²) in [6.07, 6.45) is 0. The molecular formula is C6H11NS. The minimum atomic E-state index is 0.720. The van der Waals surface area contributed by atoms with Gasteiger partial charge in [-0.2, -0.15) is 0 Å². The quantitative estimate of drug-likeness (QED) is 0.542. The van der Waals surface area contributed by atoms with Crippen LogP contribution in [0.5, 0.6) is 0 Å². The van der Waals surface area contributed by atoms with Gasteiger partial charge in [0, 0.05) is 6.54 Å². The van der Waals surface area contributed by atoms with Crippen molar-refractivity contribution in [1.82, 2.24) is 4.72 Å². The van der Waals surface area contributed by atoms with Gasteiger partial charge in [0.2, 0.25) is 0 Å². The van der Waals surface area contributed by atoms with Gasteiger partial charge in [-0.1, -0.05) is 25.8 Å². The van der Waals surface area contributed by atoms with E-state index in [4.69, 9.17) is 0 Å². The Morgan fingerprint density at radius 3 is 2.75 bits per heavy atom. The van der Waals surface area contributed by atoms with Gasteiger partial charge in [0.25, 0.3) is 0 Å². The first-order valence-electron chi connectivity index (χ1n) is 2.88. The molecule has 0 aromatic heterocycles. The molecule has 1 aliphatic heterocycles. The highest BCUT2D eigenvalue weighted by atomic mass is 32.2. The van der Waals surface area contributed by atoms with E-state index in [0.29, 0.717) is 0 Å². The van der Waals surface area contributed by atoms with Crippen molar-refractivity contribution < 1.29 is 0 Å². The normalized spacial score (nSPS) is 19.6. The number of rotatable bonds is 1. The number of hydrogen-bond donors (Lipinski definition) is 1. The van der Waals surface area contributed by atoms with Gasteiger partial charge in [-0.3, -0.25) is 4.72 Å². The molecule has 1 nitrogen and oxygen atoms in total. The van der Waals surface area contributed by atoms with Crippen molar-refractivity contribution in [1.29, 1.82) is 0 Å². The lowest BCUT2D eigenvalue weighted by molar-refractivity contribution is 0.745. The molecule has 0 aliphatic carbocycles. The molecule has 0 fully saturated rings. The van der Waals surface area contributed by atoms with E-state index in [2.05, 4.69) is 24.0 Å². The van der Waals surface area contributed by atoms with Crippen LogP contribution in [0.4, 0.5) is 0 Å². The van der Waals surface area contributed by atoms with Crippen molar-refractivity contribution in [2.45, 2.75) is 13.8 Å². The van der Waals surface area contributed by atoms with Gasteiger partial charge in [0.15, 0.2) is 0 Å². The third kappa shape index (κ3) is 1.26. The van der Waals surface area contributed by atoms with Gasteiger partial charge < -0.3 is 0 Å². The SMILES string of the molecule is CC(C)C1=CSNC1. The summed E-state index contributed by atoms with van der Waals surface area (Å²) in [6.45, 7) is 5.52. The fraction of sp³-hybridized carbons (Fsp3) is 0.667. The first kappa shape index (κ1) is 6.17. The lowest BCUT2D eigenvalue weighted by Gasteiger charge is -2.01. The molecule has 1 N–H and O–H groups in total. The lowest BCUT2D eigenvalue weighted by Crippen LogP contribution is -2.04. The molecule has 0 aromatic carbocycles. The van der Waals surface area contributed by atoms with Crippen LogP contribution in [0.25, 0.3) is 0 Å². The van der Waals surface area contributed by atoms with Gasteiger partial charge in [-0.15, -0.1) is 0 Å². The van der Waals surface area contributed by atoms with Gasteiger partial charge in [-0.05, 0) is 16.9 Å². The van der Waals surface area contributed by atoms with Crippen LogP contribution in [0.15, 0.2) is 11.0 Å². The molecule has 0 radical (unpaired) electrons. The van der Waals surface area contributed by atoms with Crippen molar-refractivity contribution in [2.24, 2.45) is 5.92 Å². The summed E-state index contributed by atoms with van der Waals surface area (Å²) in [7, 11) is 0. The van der Waals surface area contributed by atoms with E-state index < -0.39 is 0 Å². The standard InChI is InChI=1S/C6H11NS/c1-5(2)6-3-7-8-4-6/h4-5,7H,3H2,1-2H3. The first-order chi connectivity index (χ1) is 3.80. The Morgan fingerprint density at radius 1 is 1.75 bits per heavy atom. The highest BCUT2D eigenvalue weighted by molar-refractivity contribution is 8.00. The Labute approximate surface area is 54.7 Å². The zero-order chi connectivity index (χ0) is 5.98. The maximum Gasteiger partial charge on any atom is 0.0283 e. The average Bonchev–Trinajstić information content (AvgIpc) is 2.12. The first-order valence-corrected chi connectivity index (χ1v) is 3.76. The molecule has 1 heterocycles. The maximum atomic E-state index is 3.18. The van der Waals surface area contributed by atoms with Crippen LogP contribution in [0.1, 0.15) is 13.8 Å². The average molecular weight is 129 g/mol. The summed E-state index contributed by atoms with van der Waals surface area (Å²) in [4.78, 5) is 0. The van der Waals surface area contributed by atoms with Gasteiger partial charge in [0.1, 0.15) is 0 Å². The molecule has 8 heavy (non-hydrogen) atoms. The molecule has 0 saturated carbocycles. The van der Waals surface area contributed by atoms with Gasteiger partial charge in [0.05, 0.1) is 0 Å². The van der Waals surface area contributed by atoms with Crippen LogP contribution in [0.3, 0.4) is 0 Å². The Balaban J connectivity index is 2.45. The van der Waals surface area contributed by atoms with Gasteiger partial charge >= 0.3 is 0 Å². The summed E-state index contributed by atoms with van der Waals surface area (Å²) < 4.78 is 3.18. The van der Waals surface area contributed by atoms with Crippen LogP contribution in [-0.4, -0.2) is 6.54 Å². The van der Waals surface area contributed by atoms with Gasteiger partial charge in [-0.25, -0.2) is 0 Å². The second kappa shape index (κ2) is 2.55. The summed E-state index contributed by atoms with van der Waals surface area (Å²) >= 11 is 1.70. The predicted octanol–water partition coefficient (Wildman–Crippen LogP) is 1.78. The van der Waals surface area contributed by atoms with Crippen molar-refractivity contribution in [3.05, 3.63) is 11.0 Å². The Morgan fingerprint density at radius 2 is 2.50 bits per heavy atom. The summed E-state index contributed by atoms with van der Waals surface area (Å²) in [5.41, 5.74) is 1.52. The molecule has 1 rings (SSSR count). The smallest absolute Gasteiger partial charge is 0.0283 e. The molecule has 1 aliphatic rings. The van der Waals surface area contributed by atoms with Crippen molar-refractivity contribution in [3.8, 4) is 0 Å². The molecule has 46 valence electrons. The number of hydrogen-bond acceptors (Lipinski definition) is 2. The Bertz CT molecular complexity index is 107. The molecule has 0 bridgehead atoms. The summed E-state index contributed by atoms with van der Waals surface area (Å²) in [5, 5.41) is 2.20. The monoisotopic (exact) mass is 129 g/mol. The summed E-state index contributed by atoms with van der Waals surface area (Å²) in [6, 6.07) is 0. The Hall–Kier alpha value is 0.0500. The molecule has 0 aromatic rings. The van der Waals surface area contributed by atoms with E-state index in [-0.39, 0.29) is 0 Å². The molecular weight excluding hydrogens is 118 g/mol. The highest BCUT2D eigenvalue weighted by Gasteiger charge is 2.06. The van der Waals surface area contributed by atoms with Crippen LogP contribution in [0, 0.1) is 5.92 Å². The summed E-state index contributed by atoms with van der Waals surface area (Å²) in [5.74, 6) is 0.720. The van der Waals surface area contributed by atoms with E-state index in [1.165, 1.54) is 5.57 Å². The third-order valence-electron chi connectivity index (χ3n) is 1.31. The largest absolute Gasteiger partial charge is 0.256 e. The van der Waals surface area contributed by atoms with E-state index in [9.17, 15) is 0 Å². The fourth-order valence-corrected chi connectivity index (χ4v) is 1.46. The van der Waals surface area contributed by atoms with Crippen LogP contribution in [-0.2, 0) is 0 Å². The molecule has 2 heteroatoms. The zero-order valence-corrected chi connectivity index (χ0v) is 6.09. The van der Waals surface area contributed by atoms with Crippen LogP contribution >= 0.6 is 11.9 Å². The van der Waals surface area contributed by atoms with Crippen molar-refractivity contribution in [3.63, 3.8) is 0 Å². The minimum Gasteiger partial charge on any atom is -0.256 e. The third-order valence-corrected chi connectivity index (χ3v) is 2.04. The lowest BCUT2D eigenvalue weighted by atomic mass is 10.1. The molecule has 0 unspecified atom stereocenters. The van der Waals surface area contributed by atoms with Crippen LogP contribution in [0.2, 0.25) is 0 Å². The number of nitrogens with one attached hydrogen (secondary N) is 1. The molecule has 0 atom stereocenters. The zero-order valence-electron chi connectivity index (χ0n) is 5.27. The molecule has 0 amide bonds. The minimum absolute atomic E-state index is 0.720. The van der Waals surface area contributed by atoms with Crippen molar-refractivity contribution >= 4 is 11.9 Å². The fourth-order valence-electron chi connectivity index (χ4n) is 0.624. The second-order valence-electron chi connectivity index (χ2n) is 2.29. The molecule has 0 spiro atoms. The maximum absolute atomic E-state index is 3.18. The van der Waals surface area contributed by atoms with E-state index in [0.717, 1.165) is 12.5 Å². The topological polar surface area (TPSA) is 12.0 Å². The van der Waals surface area contributed by atoms with E-state index in [1.807, 2.05) is 0 Å². The van der Waals surface area contributed by atoms with E-state index in [1.54, 1.807) is 11.9 Å².